The van der Waals surface area contributed by atoms with Crippen molar-refractivity contribution in [2.45, 2.75) is 20.3 Å². The molecule has 3 aromatic carbocycles. The zero-order chi connectivity index (χ0) is 20.4. The fraction of sp³-hybridized carbons (Fsp3) is 0.115. The lowest BCUT2D eigenvalue weighted by Gasteiger charge is -2.11. The lowest BCUT2D eigenvalue weighted by atomic mass is 9.94. The van der Waals surface area contributed by atoms with Crippen LogP contribution in [0, 0.1) is 13.8 Å². The average molecular weight is 454 g/mol. The van der Waals surface area contributed by atoms with E-state index >= 15 is 0 Å². The van der Waals surface area contributed by atoms with Crippen molar-refractivity contribution in [3.05, 3.63) is 87.7 Å². The number of hydrogen-bond donors (Lipinski definition) is 2. The van der Waals surface area contributed by atoms with Crippen LogP contribution in [0.2, 0.25) is 0 Å². The molecule has 5 aromatic rings. The van der Waals surface area contributed by atoms with E-state index in [0.717, 1.165) is 38.9 Å². The average Bonchev–Trinajstić information content (AvgIpc) is 3.29. The zero-order valence-electron chi connectivity index (χ0n) is 16.8. The maximum atomic E-state index is 5.13. The molecule has 0 saturated heterocycles. The lowest BCUT2D eigenvalue weighted by molar-refractivity contribution is 1.12. The van der Waals surface area contributed by atoms with Crippen molar-refractivity contribution in [2.75, 3.05) is 0 Å². The molecule has 0 bridgehead atoms. The Kier molecular flexibility index (Phi) is 3.81. The van der Waals surface area contributed by atoms with Crippen molar-refractivity contribution in [2.24, 2.45) is 0 Å². The summed E-state index contributed by atoms with van der Waals surface area (Å²) in [5.74, 6) is 0.910. The van der Waals surface area contributed by atoms with Crippen LogP contribution in [0.4, 0.5) is 0 Å². The number of aromatic nitrogens is 3. The molecular formula is C26H20BrN3. The number of nitrogens with one attached hydrogen (secondary N) is 2. The Hall–Kier alpha value is -3.11. The summed E-state index contributed by atoms with van der Waals surface area (Å²) < 4.78 is 1.06. The van der Waals surface area contributed by atoms with Crippen molar-refractivity contribution in [3.63, 3.8) is 0 Å². The van der Waals surface area contributed by atoms with Gasteiger partial charge < -0.3 is 9.97 Å². The molecule has 0 saturated carbocycles. The van der Waals surface area contributed by atoms with Gasteiger partial charge in [0.05, 0.1) is 5.69 Å². The van der Waals surface area contributed by atoms with E-state index in [4.69, 9.17) is 4.98 Å². The fourth-order valence-corrected chi connectivity index (χ4v) is 4.95. The standard InChI is InChI=1S/C26H20BrN3/c1-14-3-6-18-16(9-14)11-24-25(21-10-15(2)4-7-19(18)21)30-26(29-24)22-13-28-23-8-5-17(27)12-20(22)23/h3-10,12-13,28H,11H2,1-2H3,(H,29,30). The summed E-state index contributed by atoms with van der Waals surface area (Å²) in [4.78, 5) is 12.2. The number of hydrogen-bond acceptors (Lipinski definition) is 1. The summed E-state index contributed by atoms with van der Waals surface area (Å²) in [7, 11) is 0. The van der Waals surface area contributed by atoms with Gasteiger partial charge in [0, 0.05) is 44.8 Å². The number of H-pyrrole nitrogens is 2. The second-order valence-corrected chi connectivity index (χ2v) is 9.11. The van der Waals surface area contributed by atoms with Gasteiger partial charge >= 0.3 is 0 Å². The van der Waals surface area contributed by atoms with Crippen molar-refractivity contribution in [3.8, 4) is 33.8 Å². The van der Waals surface area contributed by atoms with Crippen LogP contribution in [0.25, 0.3) is 44.7 Å². The minimum Gasteiger partial charge on any atom is -0.360 e. The van der Waals surface area contributed by atoms with Gasteiger partial charge in [0.25, 0.3) is 0 Å². The summed E-state index contributed by atoms with van der Waals surface area (Å²) >= 11 is 3.60. The van der Waals surface area contributed by atoms with Gasteiger partial charge in [-0.15, -0.1) is 0 Å². The molecule has 1 aliphatic rings. The smallest absolute Gasteiger partial charge is 0.140 e. The molecule has 0 atom stereocenters. The summed E-state index contributed by atoms with van der Waals surface area (Å²) in [6.07, 6.45) is 2.89. The second kappa shape index (κ2) is 6.44. The van der Waals surface area contributed by atoms with E-state index in [2.05, 4.69) is 94.3 Å². The number of imidazole rings is 1. The molecule has 4 heteroatoms. The van der Waals surface area contributed by atoms with E-state index in [1.54, 1.807) is 0 Å². The predicted molar refractivity (Wildman–Crippen MR) is 127 cm³/mol. The fourth-order valence-electron chi connectivity index (χ4n) is 4.59. The first-order valence-corrected chi connectivity index (χ1v) is 10.9. The molecule has 6 rings (SSSR count). The lowest BCUT2D eigenvalue weighted by Crippen LogP contribution is -1.92. The third kappa shape index (κ3) is 2.67. The van der Waals surface area contributed by atoms with Crippen molar-refractivity contribution >= 4 is 26.8 Å². The van der Waals surface area contributed by atoms with E-state index < -0.39 is 0 Å². The Morgan fingerprint density at radius 2 is 1.63 bits per heavy atom. The van der Waals surface area contributed by atoms with Gasteiger partial charge in [-0.2, -0.15) is 0 Å². The molecule has 2 heterocycles. The van der Waals surface area contributed by atoms with Crippen LogP contribution in [0.15, 0.2) is 65.3 Å². The van der Waals surface area contributed by atoms with Gasteiger partial charge in [-0.05, 0) is 54.8 Å². The first-order valence-electron chi connectivity index (χ1n) is 10.1. The highest BCUT2D eigenvalue weighted by molar-refractivity contribution is 9.10. The SMILES string of the molecule is Cc1ccc2c(c1)Cc1[nH]c(-c3c[nH]c4ccc(Br)cc34)nc1-c1cc(C)ccc1-2. The molecule has 1 aliphatic carbocycles. The minimum absolute atomic E-state index is 0.846. The highest BCUT2D eigenvalue weighted by atomic mass is 79.9. The Balaban J connectivity index is 1.61. The van der Waals surface area contributed by atoms with Gasteiger partial charge in [-0.3, -0.25) is 0 Å². The van der Waals surface area contributed by atoms with Gasteiger partial charge in [0.15, 0.2) is 0 Å². The number of rotatable bonds is 1. The molecular weight excluding hydrogens is 434 g/mol. The highest BCUT2D eigenvalue weighted by Gasteiger charge is 2.24. The van der Waals surface area contributed by atoms with Crippen LogP contribution in [-0.2, 0) is 6.42 Å². The largest absolute Gasteiger partial charge is 0.360 e. The van der Waals surface area contributed by atoms with Crippen LogP contribution >= 0.6 is 15.9 Å². The number of nitrogens with zero attached hydrogens (tertiary/aromatic N) is 1. The Bertz CT molecular complexity index is 1450. The third-order valence-corrected chi connectivity index (χ3v) is 6.52. The Labute approximate surface area is 183 Å². The molecule has 0 aliphatic heterocycles. The molecule has 2 N–H and O–H groups in total. The van der Waals surface area contributed by atoms with E-state index in [1.807, 2.05) is 6.20 Å². The van der Waals surface area contributed by atoms with Crippen molar-refractivity contribution < 1.29 is 0 Å². The van der Waals surface area contributed by atoms with E-state index in [9.17, 15) is 0 Å². The topological polar surface area (TPSA) is 44.5 Å². The summed E-state index contributed by atoms with van der Waals surface area (Å²) in [6, 6.07) is 19.7. The van der Waals surface area contributed by atoms with Crippen molar-refractivity contribution in [1.29, 1.82) is 0 Å². The van der Waals surface area contributed by atoms with E-state index in [1.165, 1.54) is 39.1 Å². The van der Waals surface area contributed by atoms with Crippen LogP contribution in [-0.4, -0.2) is 15.0 Å². The Morgan fingerprint density at radius 3 is 2.50 bits per heavy atom. The first kappa shape index (κ1) is 17.7. The van der Waals surface area contributed by atoms with Crippen molar-refractivity contribution in [1.82, 2.24) is 15.0 Å². The Morgan fingerprint density at radius 1 is 0.833 bits per heavy atom. The van der Waals surface area contributed by atoms with E-state index in [0.29, 0.717) is 0 Å². The highest BCUT2D eigenvalue weighted by Crippen LogP contribution is 2.42. The predicted octanol–water partition coefficient (Wildman–Crippen LogP) is 7.18. The van der Waals surface area contributed by atoms with Crippen LogP contribution in [0.1, 0.15) is 22.4 Å². The number of aryl methyl sites for hydroxylation is 2. The number of fused-ring (bicyclic) bond motifs is 6. The molecule has 3 nitrogen and oxygen atoms in total. The summed E-state index contributed by atoms with van der Waals surface area (Å²) in [6.45, 7) is 4.30. The van der Waals surface area contributed by atoms with Gasteiger partial charge in [-0.1, -0.05) is 57.4 Å². The molecule has 2 aromatic heterocycles. The minimum atomic E-state index is 0.846. The molecule has 30 heavy (non-hydrogen) atoms. The number of halogens is 1. The monoisotopic (exact) mass is 453 g/mol. The maximum Gasteiger partial charge on any atom is 0.140 e. The summed E-state index contributed by atoms with van der Waals surface area (Å²) in [5, 5.41) is 1.16. The zero-order valence-corrected chi connectivity index (χ0v) is 18.4. The number of aromatic amines is 2. The maximum absolute atomic E-state index is 5.13. The molecule has 146 valence electrons. The van der Waals surface area contributed by atoms with E-state index in [-0.39, 0.29) is 0 Å². The molecule has 0 radical (unpaired) electrons. The third-order valence-electron chi connectivity index (χ3n) is 6.03. The second-order valence-electron chi connectivity index (χ2n) is 8.19. The summed E-state index contributed by atoms with van der Waals surface area (Å²) in [5.41, 5.74) is 12.1. The van der Waals surface area contributed by atoms with Crippen LogP contribution < -0.4 is 0 Å². The quantitative estimate of drug-likeness (QED) is 0.272. The van der Waals surface area contributed by atoms with Gasteiger partial charge in [-0.25, -0.2) is 4.98 Å². The first-order chi connectivity index (χ1) is 14.6. The number of benzene rings is 3. The van der Waals surface area contributed by atoms with Gasteiger partial charge in [0.1, 0.15) is 5.82 Å². The van der Waals surface area contributed by atoms with Crippen LogP contribution in [0.5, 0.6) is 0 Å². The molecule has 0 spiro atoms. The van der Waals surface area contributed by atoms with Gasteiger partial charge in [0.2, 0.25) is 0 Å². The molecule has 0 unspecified atom stereocenters. The van der Waals surface area contributed by atoms with Crippen LogP contribution in [0.3, 0.4) is 0 Å². The normalized spacial score (nSPS) is 12.4. The molecule has 0 amide bonds. The molecule has 0 fully saturated rings.